The zero-order valence-electron chi connectivity index (χ0n) is 11.5. The van der Waals surface area contributed by atoms with Crippen LogP contribution in [0.2, 0.25) is 0 Å². The third kappa shape index (κ3) is 4.36. The van der Waals surface area contributed by atoms with Gasteiger partial charge in [0.1, 0.15) is 18.9 Å². The zero-order valence-corrected chi connectivity index (χ0v) is 12.3. The van der Waals surface area contributed by atoms with Crippen molar-refractivity contribution in [2.24, 2.45) is 0 Å². The van der Waals surface area contributed by atoms with Crippen molar-refractivity contribution in [2.45, 2.75) is 6.10 Å². The van der Waals surface area contributed by atoms with Crippen molar-refractivity contribution in [1.82, 2.24) is 8.75 Å². The van der Waals surface area contributed by atoms with Crippen LogP contribution in [-0.4, -0.2) is 47.2 Å². The van der Waals surface area contributed by atoms with Crippen LogP contribution in [0.4, 0.5) is 11.4 Å². The Hall–Kier alpha value is -1.86. The lowest BCUT2D eigenvalue weighted by atomic mass is 10.2. The predicted molar refractivity (Wildman–Crippen MR) is 80.7 cm³/mol. The van der Waals surface area contributed by atoms with E-state index in [1.54, 1.807) is 0 Å². The van der Waals surface area contributed by atoms with Crippen molar-refractivity contribution >= 4 is 23.1 Å². The standard InChI is InChI=1S/C13H18N4O2S/c1-17(2)11-5-3-10(4-6-11)14-7-12(18)9-19-13-8-15-20-16-13/h3-6,8,12,14,18H,7,9H2,1-2H3. The average Bonchev–Trinajstić information content (AvgIpc) is 2.96. The highest BCUT2D eigenvalue weighted by Crippen LogP contribution is 2.15. The smallest absolute Gasteiger partial charge is 0.245 e. The van der Waals surface area contributed by atoms with E-state index < -0.39 is 6.10 Å². The molecule has 108 valence electrons. The predicted octanol–water partition coefficient (Wildman–Crippen LogP) is 1.46. The Labute approximate surface area is 122 Å². The van der Waals surface area contributed by atoms with E-state index in [1.807, 2.05) is 43.3 Å². The molecule has 0 fully saturated rings. The Morgan fingerprint density at radius 1 is 1.35 bits per heavy atom. The van der Waals surface area contributed by atoms with E-state index in [2.05, 4.69) is 14.1 Å². The summed E-state index contributed by atoms with van der Waals surface area (Å²) in [6, 6.07) is 8.00. The van der Waals surface area contributed by atoms with Gasteiger partial charge in [-0.1, -0.05) is 0 Å². The molecule has 2 aromatic rings. The number of benzene rings is 1. The number of aliphatic hydroxyl groups is 1. The van der Waals surface area contributed by atoms with Crippen molar-refractivity contribution in [3.05, 3.63) is 30.5 Å². The maximum absolute atomic E-state index is 9.81. The summed E-state index contributed by atoms with van der Waals surface area (Å²) in [5.74, 6) is 0.449. The second kappa shape index (κ2) is 7.06. The van der Waals surface area contributed by atoms with E-state index in [0.717, 1.165) is 23.1 Å². The number of aliphatic hydroxyl groups excluding tert-OH is 1. The topological polar surface area (TPSA) is 70.5 Å². The van der Waals surface area contributed by atoms with E-state index in [1.165, 1.54) is 6.20 Å². The number of hydrogen-bond acceptors (Lipinski definition) is 7. The van der Waals surface area contributed by atoms with Crippen molar-refractivity contribution in [2.75, 3.05) is 37.5 Å². The van der Waals surface area contributed by atoms with Crippen molar-refractivity contribution in [1.29, 1.82) is 0 Å². The molecule has 1 aromatic heterocycles. The SMILES string of the molecule is CN(C)c1ccc(NCC(O)COc2cnsn2)cc1. The molecule has 0 saturated carbocycles. The van der Waals surface area contributed by atoms with Gasteiger partial charge < -0.3 is 20.1 Å². The van der Waals surface area contributed by atoms with Gasteiger partial charge in [-0.2, -0.15) is 4.37 Å². The van der Waals surface area contributed by atoms with Crippen molar-refractivity contribution in [3.8, 4) is 5.88 Å². The molecule has 1 unspecified atom stereocenters. The fraction of sp³-hybridized carbons (Fsp3) is 0.385. The first-order chi connectivity index (χ1) is 9.65. The van der Waals surface area contributed by atoms with Gasteiger partial charge in [-0.05, 0) is 24.3 Å². The van der Waals surface area contributed by atoms with E-state index >= 15 is 0 Å². The van der Waals surface area contributed by atoms with Crippen molar-refractivity contribution in [3.63, 3.8) is 0 Å². The summed E-state index contributed by atoms with van der Waals surface area (Å²) in [4.78, 5) is 2.04. The first-order valence-corrected chi connectivity index (χ1v) is 6.98. The number of ether oxygens (including phenoxy) is 1. The Bertz CT molecular complexity index is 502. The summed E-state index contributed by atoms with van der Waals surface area (Å²) in [6.45, 7) is 0.604. The molecule has 0 bridgehead atoms. The minimum absolute atomic E-state index is 0.189. The average molecular weight is 294 g/mol. The molecule has 2 N–H and O–H groups in total. The number of hydrogen-bond donors (Lipinski definition) is 2. The van der Waals surface area contributed by atoms with E-state index in [0.29, 0.717) is 12.4 Å². The van der Waals surface area contributed by atoms with Gasteiger partial charge in [0.2, 0.25) is 5.88 Å². The first kappa shape index (κ1) is 14.5. The van der Waals surface area contributed by atoms with Crippen LogP contribution < -0.4 is 15.0 Å². The van der Waals surface area contributed by atoms with Gasteiger partial charge in [-0.3, -0.25) is 0 Å². The maximum Gasteiger partial charge on any atom is 0.245 e. The van der Waals surface area contributed by atoms with Gasteiger partial charge in [-0.15, -0.1) is 4.37 Å². The molecule has 1 heterocycles. The summed E-state index contributed by atoms with van der Waals surface area (Å²) in [6.07, 6.45) is 0.926. The number of nitrogens with zero attached hydrogens (tertiary/aromatic N) is 3. The first-order valence-electron chi connectivity index (χ1n) is 6.25. The molecular weight excluding hydrogens is 276 g/mol. The monoisotopic (exact) mass is 294 g/mol. The molecular formula is C13H18N4O2S. The second-order valence-corrected chi connectivity index (χ2v) is 5.09. The van der Waals surface area contributed by atoms with Crippen molar-refractivity contribution < 1.29 is 9.84 Å². The Morgan fingerprint density at radius 3 is 2.70 bits per heavy atom. The number of anilines is 2. The van der Waals surface area contributed by atoms with Gasteiger partial charge in [-0.25, -0.2) is 0 Å². The highest BCUT2D eigenvalue weighted by Gasteiger charge is 2.06. The molecule has 20 heavy (non-hydrogen) atoms. The quantitative estimate of drug-likeness (QED) is 0.805. The lowest BCUT2D eigenvalue weighted by Crippen LogP contribution is -2.26. The molecule has 0 aliphatic carbocycles. The molecule has 1 aromatic carbocycles. The minimum atomic E-state index is -0.606. The number of rotatable bonds is 7. The van der Waals surface area contributed by atoms with Crippen LogP contribution in [0.3, 0.4) is 0 Å². The number of nitrogens with one attached hydrogen (secondary N) is 1. The highest BCUT2D eigenvalue weighted by atomic mass is 32.1. The fourth-order valence-corrected chi connectivity index (χ4v) is 1.94. The van der Waals surface area contributed by atoms with Crippen LogP contribution in [0, 0.1) is 0 Å². The summed E-state index contributed by atoms with van der Waals surface area (Å²) in [5, 5.41) is 13.0. The minimum Gasteiger partial charge on any atom is -0.473 e. The molecule has 6 nitrogen and oxygen atoms in total. The summed E-state index contributed by atoms with van der Waals surface area (Å²) < 4.78 is 13.0. The van der Waals surface area contributed by atoms with E-state index in [-0.39, 0.29) is 6.61 Å². The van der Waals surface area contributed by atoms with Crippen LogP contribution >= 0.6 is 11.7 Å². The molecule has 0 spiro atoms. The van der Waals surface area contributed by atoms with Crippen LogP contribution in [0.25, 0.3) is 0 Å². The van der Waals surface area contributed by atoms with Crippen LogP contribution in [-0.2, 0) is 0 Å². The molecule has 0 radical (unpaired) electrons. The van der Waals surface area contributed by atoms with Gasteiger partial charge in [0.25, 0.3) is 0 Å². The Balaban J connectivity index is 1.73. The Kier molecular flexibility index (Phi) is 5.14. The maximum atomic E-state index is 9.81. The Morgan fingerprint density at radius 2 is 2.10 bits per heavy atom. The van der Waals surface area contributed by atoms with Crippen LogP contribution in [0.15, 0.2) is 30.5 Å². The van der Waals surface area contributed by atoms with Crippen LogP contribution in [0.1, 0.15) is 0 Å². The molecule has 0 aliphatic heterocycles. The van der Waals surface area contributed by atoms with Gasteiger partial charge in [0, 0.05) is 32.0 Å². The lowest BCUT2D eigenvalue weighted by Gasteiger charge is -2.15. The molecule has 7 heteroatoms. The molecule has 0 aliphatic rings. The largest absolute Gasteiger partial charge is 0.473 e. The van der Waals surface area contributed by atoms with Gasteiger partial charge in [0.05, 0.1) is 11.7 Å². The zero-order chi connectivity index (χ0) is 14.4. The lowest BCUT2D eigenvalue weighted by molar-refractivity contribution is 0.115. The van der Waals surface area contributed by atoms with E-state index in [4.69, 9.17) is 4.74 Å². The number of aromatic nitrogens is 2. The molecule has 0 amide bonds. The van der Waals surface area contributed by atoms with Gasteiger partial charge >= 0.3 is 0 Å². The molecule has 2 rings (SSSR count). The fourth-order valence-electron chi connectivity index (χ4n) is 1.57. The van der Waals surface area contributed by atoms with Crippen LogP contribution in [0.5, 0.6) is 5.88 Å². The van der Waals surface area contributed by atoms with Gasteiger partial charge in [0.15, 0.2) is 0 Å². The summed E-state index contributed by atoms with van der Waals surface area (Å²) in [5.41, 5.74) is 2.10. The third-order valence-electron chi connectivity index (χ3n) is 2.69. The normalized spacial score (nSPS) is 11.9. The second-order valence-electron chi connectivity index (χ2n) is 4.53. The summed E-state index contributed by atoms with van der Waals surface area (Å²) in [7, 11) is 3.99. The third-order valence-corrected chi connectivity index (χ3v) is 3.15. The molecule has 1 atom stereocenters. The highest BCUT2D eigenvalue weighted by molar-refractivity contribution is 6.99. The molecule has 0 saturated heterocycles. The summed E-state index contributed by atoms with van der Waals surface area (Å²) >= 11 is 1.08. The van der Waals surface area contributed by atoms with E-state index in [9.17, 15) is 5.11 Å².